The van der Waals surface area contributed by atoms with Gasteiger partial charge >= 0.3 is 0 Å². The molecule has 0 fully saturated rings. The smallest absolute Gasteiger partial charge is 0.250 e. The van der Waals surface area contributed by atoms with E-state index in [2.05, 4.69) is 17.0 Å². The predicted molar refractivity (Wildman–Crippen MR) is 60.1 cm³/mol. The van der Waals surface area contributed by atoms with Gasteiger partial charge in [0.2, 0.25) is 5.91 Å². The van der Waals surface area contributed by atoms with Crippen LogP contribution in [-0.4, -0.2) is 20.5 Å². The summed E-state index contributed by atoms with van der Waals surface area (Å²) in [7, 11) is 0. The molecular formula is C11H14N4O. The number of unbranched alkanes of at least 4 members (excludes halogenated alkanes) is 1. The van der Waals surface area contributed by atoms with Gasteiger partial charge in [-0.15, -0.1) is 0 Å². The van der Waals surface area contributed by atoms with Crippen molar-refractivity contribution in [2.75, 3.05) is 0 Å². The molecular weight excluding hydrogens is 204 g/mol. The summed E-state index contributed by atoms with van der Waals surface area (Å²) < 4.78 is 1.65. The van der Waals surface area contributed by atoms with Gasteiger partial charge < -0.3 is 5.73 Å². The summed E-state index contributed by atoms with van der Waals surface area (Å²) in [5.74, 6) is 0.349. The Bertz CT molecular complexity index is 518. The van der Waals surface area contributed by atoms with E-state index < -0.39 is 5.91 Å². The number of nitrogens with two attached hydrogens (primary N) is 1. The monoisotopic (exact) mass is 218 g/mol. The number of hydrogen-bond acceptors (Lipinski definition) is 3. The maximum atomic E-state index is 11.0. The highest BCUT2D eigenvalue weighted by atomic mass is 16.1. The second-order valence-corrected chi connectivity index (χ2v) is 3.74. The summed E-state index contributed by atoms with van der Waals surface area (Å²) in [4.78, 5) is 15.2. The van der Waals surface area contributed by atoms with Crippen molar-refractivity contribution in [2.45, 2.75) is 26.2 Å². The molecule has 0 atom stereocenters. The molecule has 2 heterocycles. The molecule has 0 aromatic carbocycles. The minimum absolute atomic E-state index is 0.444. The van der Waals surface area contributed by atoms with Crippen LogP contribution < -0.4 is 5.73 Å². The van der Waals surface area contributed by atoms with E-state index in [1.165, 1.54) is 0 Å². The Labute approximate surface area is 93.3 Å². The molecule has 16 heavy (non-hydrogen) atoms. The quantitative estimate of drug-likeness (QED) is 0.837. The molecule has 0 saturated heterocycles. The van der Waals surface area contributed by atoms with Crippen molar-refractivity contribution < 1.29 is 4.79 Å². The molecule has 84 valence electrons. The zero-order chi connectivity index (χ0) is 11.5. The van der Waals surface area contributed by atoms with Gasteiger partial charge in [-0.1, -0.05) is 13.3 Å². The highest BCUT2D eigenvalue weighted by Gasteiger charge is 2.06. The van der Waals surface area contributed by atoms with Crippen LogP contribution in [0, 0.1) is 0 Å². The van der Waals surface area contributed by atoms with E-state index in [4.69, 9.17) is 5.73 Å². The third kappa shape index (κ3) is 2.03. The second-order valence-electron chi connectivity index (χ2n) is 3.74. The highest BCUT2D eigenvalue weighted by Crippen LogP contribution is 2.08. The third-order valence-corrected chi connectivity index (χ3v) is 2.44. The fraction of sp³-hybridized carbons (Fsp3) is 0.364. The standard InChI is InChI=1S/C11H14N4O/c1-2-3-4-10-13-6-9-5-8(11(12)16)7-15(9)14-10/h5-7H,2-4H2,1H3,(H2,12,16). The molecule has 5 heteroatoms. The van der Waals surface area contributed by atoms with Gasteiger partial charge in [0.05, 0.1) is 17.3 Å². The van der Waals surface area contributed by atoms with Gasteiger partial charge in [0.25, 0.3) is 0 Å². The number of fused-ring (bicyclic) bond motifs is 1. The van der Waals surface area contributed by atoms with Gasteiger partial charge in [0, 0.05) is 12.6 Å². The fourth-order valence-corrected chi connectivity index (χ4v) is 1.53. The van der Waals surface area contributed by atoms with E-state index in [0.29, 0.717) is 5.56 Å². The van der Waals surface area contributed by atoms with Crippen LogP contribution >= 0.6 is 0 Å². The lowest BCUT2D eigenvalue weighted by atomic mass is 10.2. The van der Waals surface area contributed by atoms with Crippen LogP contribution in [0.2, 0.25) is 0 Å². The van der Waals surface area contributed by atoms with Crippen LogP contribution in [0.3, 0.4) is 0 Å². The van der Waals surface area contributed by atoms with Crippen molar-refractivity contribution in [3.63, 3.8) is 0 Å². The lowest BCUT2D eigenvalue weighted by Gasteiger charge is -1.98. The number of nitrogens with zero attached hydrogens (tertiary/aromatic N) is 3. The van der Waals surface area contributed by atoms with Crippen LogP contribution in [0.1, 0.15) is 35.9 Å². The van der Waals surface area contributed by atoms with E-state index >= 15 is 0 Å². The largest absolute Gasteiger partial charge is 0.366 e. The first-order chi connectivity index (χ1) is 7.70. The minimum Gasteiger partial charge on any atom is -0.366 e. The molecule has 0 radical (unpaired) electrons. The number of carbonyl (C=O) groups is 1. The maximum absolute atomic E-state index is 11.0. The number of hydrogen-bond donors (Lipinski definition) is 1. The van der Waals surface area contributed by atoms with E-state index in [1.54, 1.807) is 23.0 Å². The Morgan fingerprint density at radius 1 is 1.56 bits per heavy atom. The summed E-state index contributed by atoms with van der Waals surface area (Å²) in [6, 6.07) is 1.69. The van der Waals surface area contributed by atoms with Gasteiger partial charge in [0.15, 0.2) is 0 Å². The molecule has 1 amide bonds. The lowest BCUT2D eigenvalue weighted by Crippen LogP contribution is -2.09. The summed E-state index contributed by atoms with van der Waals surface area (Å²) in [5.41, 5.74) is 6.44. The molecule has 2 aromatic rings. The molecule has 0 aliphatic heterocycles. The Morgan fingerprint density at radius 2 is 2.38 bits per heavy atom. The number of rotatable bonds is 4. The maximum Gasteiger partial charge on any atom is 0.250 e. The average Bonchev–Trinajstić information content (AvgIpc) is 2.69. The third-order valence-electron chi connectivity index (χ3n) is 2.44. The van der Waals surface area contributed by atoms with Crippen LogP contribution in [0.4, 0.5) is 0 Å². The molecule has 0 unspecified atom stereocenters. The molecule has 0 saturated carbocycles. The van der Waals surface area contributed by atoms with E-state index in [-0.39, 0.29) is 0 Å². The van der Waals surface area contributed by atoms with Crippen LogP contribution in [0.5, 0.6) is 0 Å². The first kappa shape index (κ1) is 10.6. The van der Waals surface area contributed by atoms with E-state index in [0.717, 1.165) is 30.6 Å². The van der Waals surface area contributed by atoms with Crippen LogP contribution in [-0.2, 0) is 6.42 Å². The Kier molecular flexibility index (Phi) is 2.85. The normalized spacial score (nSPS) is 10.8. The molecule has 5 nitrogen and oxygen atoms in total. The summed E-state index contributed by atoms with van der Waals surface area (Å²) >= 11 is 0. The Morgan fingerprint density at radius 3 is 3.06 bits per heavy atom. The molecule has 2 rings (SSSR count). The zero-order valence-corrected chi connectivity index (χ0v) is 9.18. The van der Waals surface area contributed by atoms with Gasteiger partial charge in [-0.05, 0) is 12.5 Å². The topological polar surface area (TPSA) is 73.3 Å². The second kappa shape index (κ2) is 4.30. The first-order valence-electron chi connectivity index (χ1n) is 5.35. The van der Waals surface area contributed by atoms with Gasteiger partial charge in [-0.3, -0.25) is 4.79 Å². The van der Waals surface area contributed by atoms with Crippen molar-refractivity contribution in [1.82, 2.24) is 14.6 Å². The Balaban J connectivity index is 2.34. The first-order valence-corrected chi connectivity index (χ1v) is 5.35. The molecule has 0 bridgehead atoms. The van der Waals surface area contributed by atoms with E-state index in [9.17, 15) is 4.79 Å². The summed E-state index contributed by atoms with van der Waals surface area (Å²) in [5, 5.41) is 4.31. The lowest BCUT2D eigenvalue weighted by molar-refractivity contribution is 0.100. The fourth-order valence-electron chi connectivity index (χ4n) is 1.53. The highest BCUT2D eigenvalue weighted by molar-refractivity contribution is 5.94. The van der Waals surface area contributed by atoms with Crippen molar-refractivity contribution in [3.8, 4) is 0 Å². The SMILES string of the molecule is CCCCc1ncc2cc(C(N)=O)cn2n1. The van der Waals surface area contributed by atoms with E-state index in [1.807, 2.05) is 0 Å². The molecule has 2 aromatic heterocycles. The van der Waals surface area contributed by atoms with Crippen molar-refractivity contribution in [1.29, 1.82) is 0 Å². The summed E-state index contributed by atoms with van der Waals surface area (Å²) in [6.07, 6.45) is 6.38. The van der Waals surface area contributed by atoms with Crippen molar-refractivity contribution in [2.24, 2.45) is 5.73 Å². The molecule has 0 aliphatic rings. The minimum atomic E-state index is -0.444. The van der Waals surface area contributed by atoms with Crippen LogP contribution in [0.15, 0.2) is 18.5 Å². The molecule has 0 spiro atoms. The number of aromatic nitrogens is 3. The van der Waals surface area contributed by atoms with Gasteiger partial charge in [-0.25, -0.2) is 9.50 Å². The predicted octanol–water partition coefficient (Wildman–Crippen LogP) is 1.17. The zero-order valence-electron chi connectivity index (χ0n) is 9.18. The van der Waals surface area contributed by atoms with Crippen LogP contribution in [0.25, 0.3) is 5.52 Å². The molecule has 2 N–H and O–H groups in total. The van der Waals surface area contributed by atoms with Crippen molar-refractivity contribution >= 4 is 11.4 Å². The van der Waals surface area contributed by atoms with Gasteiger partial charge in [0.1, 0.15) is 5.82 Å². The van der Waals surface area contributed by atoms with Crippen molar-refractivity contribution in [3.05, 3.63) is 29.8 Å². The average molecular weight is 218 g/mol. The van der Waals surface area contributed by atoms with Gasteiger partial charge in [-0.2, -0.15) is 5.10 Å². The Hall–Kier alpha value is -1.91. The summed E-state index contributed by atoms with van der Waals surface area (Å²) in [6.45, 7) is 2.12. The number of primary amides is 1. The molecule has 0 aliphatic carbocycles. The number of carbonyl (C=O) groups excluding carboxylic acids is 1. The number of aryl methyl sites for hydroxylation is 1. The number of amides is 1.